The Labute approximate surface area is 200 Å². The van der Waals surface area contributed by atoms with Crippen LogP contribution in [-0.4, -0.2) is 72.8 Å². The number of hydrogen-bond donors (Lipinski definition) is 2. The molecule has 7 heteroatoms. The van der Waals surface area contributed by atoms with E-state index >= 15 is 0 Å². The number of aromatic nitrogens is 1. The number of fused-ring (bicyclic) bond motifs is 1. The molecule has 0 aliphatic carbocycles. The Hall–Kier alpha value is -2.41. The third-order valence-electron chi connectivity index (χ3n) is 6.27. The first-order valence-corrected chi connectivity index (χ1v) is 12.5. The molecule has 0 spiro atoms. The number of amides is 1. The molecule has 0 saturated heterocycles. The van der Waals surface area contributed by atoms with E-state index < -0.39 is 6.04 Å². The van der Waals surface area contributed by atoms with Gasteiger partial charge in [0.25, 0.3) is 0 Å². The summed E-state index contributed by atoms with van der Waals surface area (Å²) in [5.74, 6) is 0.905. The topological polar surface area (TPSA) is 77.6 Å². The van der Waals surface area contributed by atoms with Crippen LogP contribution in [-0.2, 0) is 22.4 Å². The highest BCUT2D eigenvalue weighted by molar-refractivity contribution is 5.77. The van der Waals surface area contributed by atoms with Crippen molar-refractivity contribution in [3.05, 3.63) is 35.2 Å². The van der Waals surface area contributed by atoms with Gasteiger partial charge in [-0.1, -0.05) is 19.1 Å². The summed E-state index contributed by atoms with van der Waals surface area (Å²) < 4.78 is 0. The van der Waals surface area contributed by atoms with E-state index in [-0.39, 0.29) is 5.91 Å². The SMILES string of the molecule is CC/C=C(/C)N(C)CCN(CCCCc1ccc2c(n1)NCCC2)CCC(C=O)NC(C)=O. The van der Waals surface area contributed by atoms with Crippen LogP contribution in [0.15, 0.2) is 23.9 Å². The lowest BCUT2D eigenvalue weighted by atomic mass is 10.1. The molecule has 0 aromatic carbocycles. The largest absolute Gasteiger partial charge is 0.377 e. The van der Waals surface area contributed by atoms with Crippen molar-refractivity contribution in [1.82, 2.24) is 20.1 Å². The van der Waals surface area contributed by atoms with Gasteiger partial charge in [0.1, 0.15) is 12.1 Å². The van der Waals surface area contributed by atoms with E-state index in [4.69, 9.17) is 4.98 Å². The third kappa shape index (κ3) is 9.95. The van der Waals surface area contributed by atoms with Gasteiger partial charge in [0.2, 0.25) is 5.91 Å². The van der Waals surface area contributed by atoms with Gasteiger partial charge >= 0.3 is 0 Å². The van der Waals surface area contributed by atoms with Crippen molar-refractivity contribution in [3.8, 4) is 0 Å². The predicted molar refractivity (Wildman–Crippen MR) is 135 cm³/mol. The Bertz CT molecular complexity index is 780. The minimum atomic E-state index is -0.420. The lowest BCUT2D eigenvalue weighted by molar-refractivity contribution is -0.122. The molecule has 0 radical (unpaired) electrons. The standard InChI is InChI=1S/C26H43N5O2/c1-5-9-21(2)30(4)18-19-31(17-14-25(20-32)28-22(3)33)16-7-6-11-24-13-12-23-10-8-15-27-26(23)29-24/h9,12-13,20,25H,5-8,10-11,14-19H2,1-4H3,(H,27,29)(H,28,33)/b21-9-. The van der Waals surface area contributed by atoms with E-state index in [1.54, 1.807) is 0 Å². The van der Waals surface area contributed by atoms with Crippen molar-refractivity contribution < 1.29 is 9.59 Å². The van der Waals surface area contributed by atoms with Crippen LogP contribution in [0, 0.1) is 0 Å². The predicted octanol–water partition coefficient (Wildman–Crippen LogP) is 3.40. The molecule has 33 heavy (non-hydrogen) atoms. The summed E-state index contributed by atoms with van der Waals surface area (Å²) in [6.07, 6.45) is 10.2. The highest BCUT2D eigenvalue weighted by Crippen LogP contribution is 2.20. The average Bonchev–Trinajstić information content (AvgIpc) is 2.81. The summed E-state index contributed by atoms with van der Waals surface area (Å²) in [5.41, 5.74) is 3.77. The molecule has 0 saturated carbocycles. The van der Waals surface area contributed by atoms with Crippen molar-refractivity contribution in [2.75, 3.05) is 45.1 Å². The number of allylic oxidation sites excluding steroid dienone is 2. The first-order chi connectivity index (χ1) is 15.9. The lowest BCUT2D eigenvalue weighted by Crippen LogP contribution is -2.40. The first-order valence-electron chi connectivity index (χ1n) is 12.5. The molecule has 1 aromatic heterocycles. The molecular formula is C26H43N5O2. The first kappa shape index (κ1) is 26.8. The number of carbonyl (C=O) groups excluding carboxylic acids is 2. The molecule has 2 heterocycles. The number of likely N-dealkylation sites (N-methyl/N-ethyl adjacent to an activating group) is 1. The number of pyridine rings is 1. The second-order valence-corrected chi connectivity index (χ2v) is 9.05. The highest BCUT2D eigenvalue weighted by Gasteiger charge is 2.14. The number of nitrogens with one attached hydrogen (secondary N) is 2. The van der Waals surface area contributed by atoms with Gasteiger partial charge in [0.05, 0.1) is 6.04 Å². The second kappa shape index (κ2) is 14.7. The summed E-state index contributed by atoms with van der Waals surface area (Å²) in [4.78, 5) is 32.2. The van der Waals surface area contributed by atoms with Gasteiger partial charge in [0.15, 0.2) is 0 Å². The third-order valence-corrected chi connectivity index (χ3v) is 6.27. The monoisotopic (exact) mass is 457 g/mol. The minimum Gasteiger partial charge on any atom is -0.377 e. The van der Waals surface area contributed by atoms with Gasteiger partial charge in [-0.25, -0.2) is 4.98 Å². The molecule has 7 nitrogen and oxygen atoms in total. The lowest BCUT2D eigenvalue weighted by Gasteiger charge is -2.28. The molecule has 0 bridgehead atoms. The van der Waals surface area contributed by atoms with Crippen molar-refractivity contribution in [2.45, 2.75) is 71.8 Å². The van der Waals surface area contributed by atoms with Crippen LogP contribution < -0.4 is 10.6 Å². The van der Waals surface area contributed by atoms with E-state index in [2.05, 4.69) is 59.5 Å². The van der Waals surface area contributed by atoms with Crippen LogP contribution in [0.4, 0.5) is 5.82 Å². The summed E-state index contributed by atoms with van der Waals surface area (Å²) in [5, 5.41) is 6.15. The van der Waals surface area contributed by atoms with Gasteiger partial charge in [-0.05, 0) is 70.0 Å². The van der Waals surface area contributed by atoms with Crippen LogP contribution in [0.25, 0.3) is 0 Å². The second-order valence-electron chi connectivity index (χ2n) is 9.05. The minimum absolute atomic E-state index is 0.161. The smallest absolute Gasteiger partial charge is 0.217 e. The number of hydrogen-bond acceptors (Lipinski definition) is 6. The van der Waals surface area contributed by atoms with Crippen molar-refractivity contribution >= 4 is 18.0 Å². The Kier molecular flexibility index (Phi) is 11.9. The summed E-state index contributed by atoms with van der Waals surface area (Å²) >= 11 is 0. The Morgan fingerprint density at radius 3 is 2.76 bits per heavy atom. The van der Waals surface area contributed by atoms with Gasteiger partial charge in [-0.2, -0.15) is 0 Å². The Morgan fingerprint density at radius 2 is 2.03 bits per heavy atom. The van der Waals surface area contributed by atoms with Crippen LogP contribution in [0.1, 0.15) is 64.1 Å². The molecular weight excluding hydrogens is 414 g/mol. The quantitative estimate of drug-likeness (QED) is 0.310. The van der Waals surface area contributed by atoms with Gasteiger partial charge in [-0.3, -0.25) is 4.79 Å². The maximum Gasteiger partial charge on any atom is 0.217 e. The average molecular weight is 458 g/mol. The normalized spacial score (nSPS) is 14.4. The van der Waals surface area contributed by atoms with Crippen LogP contribution in [0.2, 0.25) is 0 Å². The Balaban J connectivity index is 1.85. The molecule has 0 fully saturated rings. The van der Waals surface area contributed by atoms with Crippen LogP contribution in [0.5, 0.6) is 0 Å². The number of carbonyl (C=O) groups is 2. The number of nitrogens with zero attached hydrogens (tertiary/aromatic N) is 3. The molecule has 2 rings (SSSR count). The zero-order chi connectivity index (χ0) is 24.1. The number of unbranched alkanes of at least 4 members (excludes halogenated alkanes) is 1. The number of rotatable bonds is 15. The Morgan fingerprint density at radius 1 is 1.21 bits per heavy atom. The van der Waals surface area contributed by atoms with Gasteiger partial charge in [-0.15, -0.1) is 0 Å². The van der Waals surface area contributed by atoms with Crippen molar-refractivity contribution in [3.63, 3.8) is 0 Å². The number of anilines is 1. The van der Waals surface area contributed by atoms with Crippen LogP contribution in [0.3, 0.4) is 0 Å². The molecule has 1 amide bonds. The maximum atomic E-state index is 11.3. The van der Waals surface area contributed by atoms with Crippen molar-refractivity contribution in [2.24, 2.45) is 0 Å². The maximum absolute atomic E-state index is 11.3. The van der Waals surface area contributed by atoms with Gasteiger partial charge in [0, 0.05) is 51.5 Å². The zero-order valence-electron chi connectivity index (χ0n) is 21.0. The fourth-order valence-electron chi connectivity index (χ4n) is 4.16. The molecule has 1 atom stereocenters. The summed E-state index contributed by atoms with van der Waals surface area (Å²) in [6, 6.07) is 3.97. The van der Waals surface area contributed by atoms with E-state index in [9.17, 15) is 9.59 Å². The fourth-order valence-corrected chi connectivity index (χ4v) is 4.16. The van der Waals surface area contributed by atoms with E-state index in [1.165, 1.54) is 24.6 Å². The molecule has 1 unspecified atom stereocenters. The van der Waals surface area contributed by atoms with Crippen molar-refractivity contribution in [1.29, 1.82) is 0 Å². The van der Waals surface area contributed by atoms with E-state index in [1.807, 2.05) is 0 Å². The zero-order valence-corrected chi connectivity index (χ0v) is 21.0. The fraction of sp³-hybridized carbons (Fsp3) is 0.654. The van der Waals surface area contributed by atoms with Gasteiger partial charge < -0.3 is 25.2 Å². The molecule has 1 aromatic rings. The molecule has 1 aliphatic rings. The van der Waals surface area contributed by atoms with E-state index in [0.717, 1.165) is 82.6 Å². The highest BCUT2D eigenvalue weighted by atomic mass is 16.2. The molecule has 2 N–H and O–H groups in total. The van der Waals surface area contributed by atoms with Crippen LogP contribution >= 0.6 is 0 Å². The van der Waals surface area contributed by atoms with E-state index in [0.29, 0.717) is 6.42 Å². The molecule has 1 aliphatic heterocycles. The number of aryl methyl sites for hydroxylation is 2. The molecule has 184 valence electrons. The summed E-state index contributed by atoms with van der Waals surface area (Å²) in [7, 11) is 2.13. The summed E-state index contributed by atoms with van der Waals surface area (Å²) in [6.45, 7) is 10.4. The number of aldehydes is 1.